The van der Waals surface area contributed by atoms with Crippen LogP contribution in [0.25, 0.3) is 0 Å². The van der Waals surface area contributed by atoms with Gasteiger partial charge in [-0.3, -0.25) is 0 Å². The summed E-state index contributed by atoms with van der Waals surface area (Å²) in [6.07, 6.45) is -2.54. The summed E-state index contributed by atoms with van der Waals surface area (Å²) >= 11 is 0. The van der Waals surface area contributed by atoms with Gasteiger partial charge in [-0.05, 0) is 5.92 Å². The fourth-order valence-electron chi connectivity index (χ4n) is 2.35. The summed E-state index contributed by atoms with van der Waals surface area (Å²) in [7, 11) is 0. The van der Waals surface area contributed by atoms with Crippen molar-refractivity contribution in [1.82, 2.24) is 0 Å². The summed E-state index contributed by atoms with van der Waals surface area (Å²) in [6, 6.07) is 0. The van der Waals surface area contributed by atoms with Crippen LogP contribution >= 0.6 is 0 Å². The lowest BCUT2D eigenvalue weighted by Crippen LogP contribution is -2.54. The Bertz CT molecular complexity index is 192. The van der Waals surface area contributed by atoms with Gasteiger partial charge in [0.2, 0.25) is 12.3 Å². The van der Waals surface area contributed by atoms with Gasteiger partial charge in [0, 0.05) is 18.3 Å². The third kappa shape index (κ3) is 1.89. The molecule has 0 N–H and O–H groups in total. The van der Waals surface area contributed by atoms with Crippen LogP contribution in [0.15, 0.2) is 0 Å². The highest BCUT2D eigenvalue weighted by Crippen LogP contribution is 2.60. The normalized spacial score (nSPS) is 25.9. The molecule has 1 fully saturated rings. The van der Waals surface area contributed by atoms with Gasteiger partial charge in [0.15, 0.2) is 0 Å². The predicted molar refractivity (Wildman–Crippen MR) is 46.7 cm³/mol. The molecule has 0 bridgehead atoms. The first-order valence-corrected chi connectivity index (χ1v) is 5.00. The molecule has 1 aliphatic rings. The molecule has 0 nitrogen and oxygen atoms in total. The second kappa shape index (κ2) is 3.70. The Morgan fingerprint density at radius 3 is 2.00 bits per heavy atom. The summed E-state index contributed by atoms with van der Waals surface area (Å²) in [6.45, 7) is 3.54. The van der Waals surface area contributed by atoms with E-state index in [-0.39, 0.29) is 5.92 Å². The fraction of sp³-hybridized carbons (Fsp3) is 1.00. The van der Waals surface area contributed by atoms with Crippen LogP contribution in [0.1, 0.15) is 39.5 Å². The lowest BCUT2D eigenvalue weighted by molar-refractivity contribution is -0.231. The Hall–Kier alpha value is -0.280. The average molecular weight is 212 g/mol. The maximum Gasteiger partial charge on any atom is 0.249 e. The van der Waals surface area contributed by atoms with Gasteiger partial charge in [-0.15, -0.1) is 0 Å². The van der Waals surface area contributed by atoms with Crippen LogP contribution in [0, 0.1) is 11.3 Å². The van der Waals surface area contributed by atoms with E-state index in [1.54, 1.807) is 6.92 Å². The second-order valence-electron chi connectivity index (χ2n) is 4.43. The highest BCUT2D eigenvalue weighted by molar-refractivity contribution is 5.03. The number of hydrogen-bond donors (Lipinski definition) is 0. The molecule has 1 atom stereocenters. The largest absolute Gasteiger partial charge is 0.249 e. The van der Waals surface area contributed by atoms with Crippen molar-refractivity contribution < 1.29 is 17.6 Å². The van der Waals surface area contributed by atoms with Gasteiger partial charge in [-0.25, -0.2) is 17.6 Å². The van der Waals surface area contributed by atoms with Gasteiger partial charge in [-0.1, -0.05) is 26.7 Å². The number of alkyl halides is 4. The van der Waals surface area contributed by atoms with Gasteiger partial charge < -0.3 is 0 Å². The molecule has 1 saturated carbocycles. The van der Waals surface area contributed by atoms with E-state index in [0.717, 1.165) is 6.42 Å². The van der Waals surface area contributed by atoms with E-state index in [1.165, 1.54) is 0 Å². The van der Waals surface area contributed by atoms with E-state index in [4.69, 9.17) is 0 Å². The summed E-state index contributed by atoms with van der Waals surface area (Å²) in [5, 5.41) is 0. The topological polar surface area (TPSA) is 0 Å². The first-order valence-electron chi connectivity index (χ1n) is 5.00. The average Bonchev–Trinajstić information content (AvgIpc) is 1.99. The third-order valence-electron chi connectivity index (χ3n) is 3.31. The van der Waals surface area contributed by atoms with Crippen LogP contribution in [0.4, 0.5) is 17.6 Å². The van der Waals surface area contributed by atoms with Crippen LogP contribution in [0.5, 0.6) is 0 Å². The van der Waals surface area contributed by atoms with Gasteiger partial charge in [0.05, 0.1) is 0 Å². The van der Waals surface area contributed by atoms with Crippen molar-refractivity contribution in [3.63, 3.8) is 0 Å². The highest BCUT2D eigenvalue weighted by atomic mass is 19.3. The monoisotopic (exact) mass is 212 g/mol. The van der Waals surface area contributed by atoms with Crippen LogP contribution in [-0.4, -0.2) is 12.3 Å². The van der Waals surface area contributed by atoms with Crippen molar-refractivity contribution in [3.8, 4) is 0 Å². The van der Waals surface area contributed by atoms with Crippen molar-refractivity contribution in [2.75, 3.05) is 0 Å². The highest BCUT2D eigenvalue weighted by Gasteiger charge is 2.63. The molecule has 0 aromatic rings. The molecule has 1 aliphatic carbocycles. The molecule has 1 unspecified atom stereocenters. The molecule has 0 amide bonds. The molecule has 0 spiro atoms. The quantitative estimate of drug-likeness (QED) is 0.615. The minimum atomic E-state index is -2.86. The van der Waals surface area contributed by atoms with Crippen LogP contribution in [-0.2, 0) is 0 Å². The molecular weight excluding hydrogens is 196 g/mol. The number of rotatable bonds is 4. The molecule has 0 heterocycles. The van der Waals surface area contributed by atoms with Crippen molar-refractivity contribution in [2.45, 2.75) is 51.9 Å². The van der Waals surface area contributed by atoms with E-state index in [0.29, 0.717) is 6.42 Å². The van der Waals surface area contributed by atoms with Crippen molar-refractivity contribution in [1.29, 1.82) is 0 Å². The Morgan fingerprint density at radius 2 is 1.71 bits per heavy atom. The fourth-order valence-corrected chi connectivity index (χ4v) is 2.35. The minimum Gasteiger partial charge on any atom is -0.210 e. The Balaban J connectivity index is 2.67. The Morgan fingerprint density at radius 1 is 1.21 bits per heavy atom. The van der Waals surface area contributed by atoms with E-state index in [1.807, 2.05) is 6.92 Å². The first kappa shape index (κ1) is 11.8. The maximum atomic E-state index is 12.7. The van der Waals surface area contributed by atoms with E-state index < -0.39 is 30.6 Å². The standard InChI is InChI=1S/C10H16F4/c1-3-4-7(2)9(8(11)12)5-10(13,14)6-9/h7-8H,3-6H2,1-2H3. The van der Waals surface area contributed by atoms with Crippen molar-refractivity contribution in [2.24, 2.45) is 11.3 Å². The third-order valence-corrected chi connectivity index (χ3v) is 3.31. The van der Waals surface area contributed by atoms with Gasteiger partial charge in [0.1, 0.15) is 0 Å². The zero-order chi connectivity index (χ0) is 11.0. The lowest BCUT2D eigenvalue weighted by Gasteiger charge is -2.50. The van der Waals surface area contributed by atoms with E-state index in [2.05, 4.69) is 0 Å². The van der Waals surface area contributed by atoms with E-state index in [9.17, 15) is 17.6 Å². The van der Waals surface area contributed by atoms with Gasteiger partial charge in [0.25, 0.3) is 0 Å². The Labute approximate surface area is 81.7 Å². The summed E-state index contributed by atoms with van der Waals surface area (Å²) in [4.78, 5) is 0. The molecule has 0 saturated heterocycles. The smallest absolute Gasteiger partial charge is 0.210 e. The molecule has 4 heteroatoms. The van der Waals surface area contributed by atoms with Gasteiger partial charge >= 0.3 is 0 Å². The summed E-state index contributed by atoms with van der Waals surface area (Å²) in [5.41, 5.74) is -1.42. The molecule has 0 aromatic heterocycles. The SMILES string of the molecule is CCCC(C)C1(C(F)F)CC(F)(F)C1. The molecular formula is C10H16F4. The second-order valence-corrected chi connectivity index (χ2v) is 4.43. The van der Waals surface area contributed by atoms with Gasteiger partial charge in [-0.2, -0.15) is 0 Å². The maximum absolute atomic E-state index is 12.7. The van der Waals surface area contributed by atoms with E-state index >= 15 is 0 Å². The van der Waals surface area contributed by atoms with Crippen molar-refractivity contribution >= 4 is 0 Å². The minimum absolute atomic E-state index is 0.313. The molecule has 0 aromatic carbocycles. The zero-order valence-electron chi connectivity index (χ0n) is 8.49. The Kier molecular flexibility index (Phi) is 3.12. The summed E-state index contributed by atoms with van der Waals surface area (Å²) in [5.74, 6) is -3.18. The molecule has 14 heavy (non-hydrogen) atoms. The summed E-state index contributed by atoms with van der Waals surface area (Å²) < 4.78 is 50.8. The number of hydrogen-bond acceptors (Lipinski definition) is 0. The van der Waals surface area contributed by atoms with Crippen LogP contribution < -0.4 is 0 Å². The molecule has 0 radical (unpaired) electrons. The predicted octanol–water partition coefficient (Wildman–Crippen LogP) is 4.10. The lowest BCUT2D eigenvalue weighted by atomic mass is 9.58. The van der Waals surface area contributed by atoms with Crippen LogP contribution in [0.3, 0.4) is 0 Å². The number of halogens is 4. The first-order chi connectivity index (χ1) is 6.34. The molecule has 84 valence electrons. The van der Waals surface area contributed by atoms with Crippen LogP contribution in [0.2, 0.25) is 0 Å². The zero-order valence-corrected chi connectivity index (χ0v) is 8.49. The molecule has 1 rings (SSSR count). The van der Waals surface area contributed by atoms with Crippen molar-refractivity contribution in [3.05, 3.63) is 0 Å². The molecule has 0 aliphatic heterocycles.